The first-order chi connectivity index (χ1) is 13.5. The van der Waals surface area contributed by atoms with Gasteiger partial charge >= 0.3 is 0 Å². The lowest BCUT2D eigenvalue weighted by Crippen LogP contribution is -2.48. The molecule has 0 aliphatic carbocycles. The van der Waals surface area contributed by atoms with Crippen LogP contribution in [0.25, 0.3) is 0 Å². The molecule has 28 heavy (non-hydrogen) atoms. The second kappa shape index (κ2) is 9.52. The minimum atomic E-state index is -0.114. The molecule has 0 atom stereocenters. The van der Waals surface area contributed by atoms with Gasteiger partial charge in [0.05, 0.1) is 12.2 Å². The number of amides is 1. The first kappa shape index (κ1) is 20.8. The van der Waals surface area contributed by atoms with Crippen LogP contribution >= 0.6 is 11.3 Å². The van der Waals surface area contributed by atoms with Gasteiger partial charge in [-0.15, -0.1) is 11.3 Å². The summed E-state index contributed by atoms with van der Waals surface area (Å²) in [6.45, 7) is 5.19. The molecule has 0 spiro atoms. The van der Waals surface area contributed by atoms with Crippen LogP contribution in [-0.2, 0) is 10.2 Å². The molecule has 3 rings (SSSR count). The van der Waals surface area contributed by atoms with Gasteiger partial charge in [-0.05, 0) is 38.9 Å². The van der Waals surface area contributed by atoms with Gasteiger partial charge in [0.2, 0.25) is 5.91 Å². The third-order valence-electron chi connectivity index (χ3n) is 5.55. The van der Waals surface area contributed by atoms with Gasteiger partial charge in [-0.3, -0.25) is 4.79 Å². The Balaban J connectivity index is 1.80. The van der Waals surface area contributed by atoms with E-state index in [4.69, 9.17) is 4.98 Å². The number of hydrogen-bond acceptors (Lipinski definition) is 5. The average molecular weight is 401 g/mol. The number of carbonyl (C=O) groups is 1. The molecule has 5 nitrogen and oxygen atoms in total. The average Bonchev–Trinajstić information content (AvgIpc) is 3.18. The van der Waals surface area contributed by atoms with E-state index in [2.05, 4.69) is 48.0 Å². The Morgan fingerprint density at radius 1 is 1.25 bits per heavy atom. The molecule has 6 heteroatoms. The van der Waals surface area contributed by atoms with Crippen LogP contribution in [0.15, 0.2) is 35.7 Å². The number of likely N-dealkylation sites (tertiary alicyclic amines) is 1. The maximum absolute atomic E-state index is 12.5. The maximum atomic E-state index is 12.5. The molecular weight excluding hydrogens is 368 g/mol. The number of rotatable bonds is 8. The number of carbonyl (C=O) groups excluding carboxylic acids is 1. The van der Waals surface area contributed by atoms with E-state index in [0.29, 0.717) is 6.54 Å². The summed E-state index contributed by atoms with van der Waals surface area (Å²) in [5.41, 5.74) is 2.33. The highest BCUT2D eigenvalue weighted by molar-refractivity contribution is 7.13. The van der Waals surface area contributed by atoms with Gasteiger partial charge < -0.3 is 15.1 Å². The van der Waals surface area contributed by atoms with Gasteiger partial charge in [0.15, 0.2) is 5.13 Å². The Labute approximate surface area is 172 Å². The lowest BCUT2D eigenvalue weighted by molar-refractivity contribution is -0.133. The van der Waals surface area contributed by atoms with E-state index in [1.165, 1.54) is 12.0 Å². The second-order valence-electron chi connectivity index (χ2n) is 7.88. The zero-order valence-electron chi connectivity index (χ0n) is 17.3. The quantitative estimate of drug-likeness (QED) is 0.684. The van der Waals surface area contributed by atoms with Crippen molar-refractivity contribution < 1.29 is 4.79 Å². The second-order valence-corrected chi connectivity index (χ2v) is 8.74. The largest absolute Gasteiger partial charge is 0.362 e. The van der Waals surface area contributed by atoms with Crippen molar-refractivity contribution in [1.29, 1.82) is 0 Å². The fraction of sp³-hybridized carbons (Fsp3) is 0.545. The summed E-state index contributed by atoms with van der Waals surface area (Å²) in [5, 5.41) is 6.67. The number of thiazole rings is 1. The first-order valence-corrected chi connectivity index (χ1v) is 11.1. The highest BCUT2D eigenvalue weighted by Gasteiger charge is 2.40. The lowest BCUT2D eigenvalue weighted by Gasteiger charge is -2.41. The summed E-state index contributed by atoms with van der Waals surface area (Å²) in [6, 6.07) is 10.7. The van der Waals surface area contributed by atoms with Crippen molar-refractivity contribution in [1.82, 2.24) is 14.8 Å². The monoisotopic (exact) mass is 400 g/mol. The van der Waals surface area contributed by atoms with Crippen LogP contribution in [0.4, 0.5) is 5.13 Å². The van der Waals surface area contributed by atoms with E-state index in [0.717, 1.165) is 49.7 Å². The minimum Gasteiger partial charge on any atom is -0.362 e. The Morgan fingerprint density at radius 2 is 1.96 bits per heavy atom. The first-order valence-electron chi connectivity index (χ1n) is 10.2. The van der Waals surface area contributed by atoms with Crippen molar-refractivity contribution in [3.8, 4) is 0 Å². The van der Waals surface area contributed by atoms with Gasteiger partial charge in [-0.1, -0.05) is 43.7 Å². The summed E-state index contributed by atoms with van der Waals surface area (Å²) in [4.78, 5) is 21.4. The molecule has 0 radical (unpaired) electrons. The molecule has 152 valence electrons. The summed E-state index contributed by atoms with van der Waals surface area (Å²) in [5.74, 6) is 0.215. The van der Waals surface area contributed by atoms with Gasteiger partial charge in [-0.25, -0.2) is 4.98 Å². The molecule has 1 amide bonds. The molecular formula is C22H32N4OS. The number of hydrogen-bond donors (Lipinski definition) is 1. The van der Waals surface area contributed by atoms with Crippen LogP contribution in [0.5, 0.6) is 0 Å². The molecule has 1 aromatic carbocycles. The smallest absolute Gasteiger partial charge is 0.236 e. The molecule has 0 saturated carbocycles. The molecule has 2 heterocycles. The standard InChI is InChI=1S/C22H32N4OS/c1-4-5-13-23-21-24-19(17-28-21)22(18-9-7-6-8-10-18)11-14-26(15-12-22)20(27)16-25(2)3/h6-10,17H,4-5,11-16H2,1-3H3,(H,23,24). The highest BCUT2D eigenvalue weighted by atomic mass is 32.1. The zero-order valence-corrected chi connectivity index (χ0v) is 18.1. The molecule has 1 aromatic heterocycles. The summed E-state index contributed by atoms with van der Waals surface area (Å²) in [7, 11) is 3.89. The van der Waals surface area contributed by atoms with E-state index >= 15 is 0 Å². The predicted octanol–water partition coefficient (Wildman–Crippen LogP) is 3.83. The number of unbranched alkanes of at least 4 members (excludes halogenated alkanes) is 1. The van der Waals surface area contributed by atoms with Crippen molar-refractivity contribution in [2.45, 2.75) is 38.0 Å². The molecule has 1 fully saturated rings. The molecule has 1 aliphatic heterocycles. The third kappa shape index (κ3) is 4.73. The topological polar surface area (TPSA) is 48.5 Å². The predicted molar refractivity (Wildman–Crippen MR) is 117 cm³/mol. The number of nitrogens with one attached hydrogen (secondary N) is 1. The zero-order chi connectivity index (χ0) is 20.0. The number of benzene rings is 1. The molecule has 1 saturated heterocycles. The van der Waals surface area contributed by atoms with Crippen LogP contribution in [-0.4, -0.2) is 61.0 Å². The Morgan fingerprint density at radius 3 is 2.61 bits per heavy atom. The van der Waals surface area contributed by atoms with Crippen LogP contribution in [0.1, 0.15) is 43.9 Å². The highest BCUT2D eigenvalue weighted by Crippen LogP contribution is 2.42. The van der Waals surface area contributed by atoms with Crippen LogP contribution in [0.2, 0.25) is 0 Å². The summed E-state index contributed by atoms with van der Waals surface area (Å²) >= 11 is 1.69. The van der Waals surface area contributed by atoms with E-state index in [-0.39, 0.29) is 11.3 Å². The van der Waals surface area contributed by atoms with Gasteiger partial charge in [0.25, 0.3) is 0 Å². The van der Waals surface area contributed by atoms with Crippen molar-refractivity contribution in [2.24, 2.45) is 0 Å². The van der Waals surface area contributed by atoms with Gasteiger partial charge in [-0.2, -0.15) is 0 Å². The van der Waals surface area contributed by atoms with Crippen molar-refractivity contribution >= 4 is 22.4 Å². The van der Waals surface area contributed by atoms with E-state index < -0.39 is 0 Å². The lowest BCUT2D eigenvalue weighted by atomic mass is 9.70. The van der Waals surface area contributed by atoms with Gasteiger partial charge in [0, 0.05) is 30.4 Å². The summed E-state index contributed by atoms with van der Waals surface area (Å²) in [6.07, 6.45) is 4.15. The van der Waals surface area contributed by atoms with Crippen LogP contribution in [0, 0.1) is 0 Å². The molecule has 1 aliphatic rings. The van der Waals surface area contributed by atoms with Gasteiger partial charge in [0.1, 0.15) is 0 Å². The molecule has 0 bridgehead atoms. The number of aromatic nitrogens is 1. The number of anilines is 1. The SMILES string of the molecule is CCCCNc1nc(C2(c3ccccc3)CCN(C(=O)CN(C)C)CC2)cs1. The normalized spacial score (nSPS) is 16.4. The minimum absolute atomic E-state index is 0.114. The van der Waals surface area contributed by atoms with Crippen molar-refractivity contribution in [2.75, 3.05) is 45.6 Å². The van der Waals surface area contributed by atoms with E-state index in [1.807, 2.05) is 23.9 Å². The number of nitrogens with zero attached hydrogens (tertiary/aromatic N) is 3. The van der Waals surface area contributed by atoms with Crippen LogP contribution in [0.3, 0.4) is 0 Å². The Kier molecular flexibility index (Phi) is 7.08. The fourth-order valence-electron chi connectivity index (χ4n) is 3.91. The van der Waals surface area contributed by atoms with Crippen LogP contribution < -0.4 is 5.32 Å². The molecule has 1 N–H and O–H groups in total. The number of likely N-dealkylation sites (N-methyl/N-ethyl adjacent to an activating group) is 1. The maximum Gasteiger partial charge on any atom is 0.236 e. The van der Waals surface area contributed by atoms with E-state index in [1.54, 1.807) is 11.3 Å². The molecule has 2 aromatic rings. The third-order valence-corrected chi connectivity index (χ3v) is 6.35. The Bertz CT molecular complexity index is 751. The van der Waals surface area contributed by atoms with Crippen molar-refractivity contribution in [3.63, 3.8) is 0 Å². The molecule has 0 unspecified atom stereocenters. The Hall–Kier alpha value is -1.92. The fourth-order valence-corrected chi connectivity index (χ4v) is 4.74. The van der Waals surface area contributed by atoms with Crippen molar-refractivity contribution in [3.05, 3.63) is 47.0 Å². The summed E-state index contributed by atoms with van der Waals surface area (Å²) < 4.78 is 0. The van der Waals surface area contributed by atoms with E-state index in [9.17, 15) is 4.79 Å². The number of piperidine rings is 1.